The first kappa shape index (κ1) is 15.6. The quantitative estimate of drug-likeness (QED) is 0.792. The Balaban J connectivity index is 1.91. The number of hydrogen-bond acceptors (Lipinski definition) is 3. The molecule has 2 amide bonds. The van der Waals surface area contributed by atoms with E-state index in [1.54, 1.807) is 24.3 Å². The van der Waals surface area contributed by atoms with Crippen LogP contribution in [0.15, 0.2) is 42.5 Å². The van der Waals surface area contributed by atoms with E-state index in [1.165, 1.54) is 0 Å². The molecule has 2 aromatic carbocycles. The molecule has 0 aliphatic carbocycles. The molecular weight excluding hydrogens is 278 g/mol. The fourth-order valence-electron chi connectivity index (χ4n) is 2.08. The SMILES string of the molecule is Cc1ccc(NC(=O)CNc2ccc(C(N)=O)cc2)c(C)c1. The van der Waals surface area contributed by atoms with E-state index < -0.39 is 5.91 Å². The van der Waals surface area contributed by atoms with Gasteiger partial charge in [-0.1, -0.05) is 17.7 Å². The van der Waals surface area contributed by atoms with Crippen LogP contribution < -0.4 is 16.4 Å². The van der Waals surface area contributed by atoms with E-state index in [9.17, 15) is 9.59 Å². The minimum atomic E-state index is -0.473. The molecule has 0 aliphatic heterocycles. The van der Waals surface area contributed by atoms with E-state index in [1.807, 2.05) is 32.0 Å². The van der Waals surface area contributed by atoms with Crippen LogP contribution in [0.25, 0.3) is 0 Å². The second-order valence-electron chi connectivity index (χ2n) is 5.16. The summed E-state index contributed by atoms with van der Waals surface area (Å²) >= 11 is 0. The number of rotatable bonds is 5. The van der Waals surface area contributed by atoms with Crippen LogP contribution >= 0.6 is 0 Å². The lowest BCUT2D eigenvalue weighted by Crippen LogP contribution is -2.22. The molecule has 0 saturated carbocycles. The largest absolute Gasteiger partial charge is 0.376 e. The van der Waals surface area contributed by atoms with Crippen LogP contribution in [-0.2, 0) is 4.79 Å². The lowest BCUT2D eigenvalue weighted by Gasteiger charge is -2.10. The molecule has 0 atom stereocenters. The van der Waals surface area contributed by atoms with Crippen molar-refractivity contribution in [2.45, 2.75) is 13.8 Å². The van der Waals surface area contributed by atoms with Gasteiger partial charge >= 0.3 is 0 Å². The van der Waals surface area contributed by atoms with Crippen molar-refractivity contribution >= 4 is 23.2 Å². The third kappa shape index (κ3) is 4.09. The molecule has 5 heteroatoms. The van der Waals surface area contributed by atoms with Gasteiger partial charge in [0.15, 0.2) is 0 Å². The predicted octanol–water partition coefficient (Wildman–Crippen LogP) is 2.45. The Morgan fingerprint density at radius 1 is 1.05 bits per heavy atom. The van der Waals surface area contributed by atoms with Crippen molar-refractivity contribution in [2.24, 2.45) is 5.73 Å². The van der Waals surface area contributed by atoms with E-state index in [0.717, 1.165) is 22.5 Å². The molecule has 0 aromatic heterocycles. The lowest BCUT2D eigenvalue weighted by molar-refractivity contribution is -0.114. The monoisotopic (exact) mass is 297 g/mol. The summed E-state index contributed by atoms with van der Waals surface area (Å²) in [6.45, 7) is 4.11. The van der Waals surface area contributed by atoms with Crippen LogP contribution in [0.3, 0.4) is 0 Å². The topological polar surface area (TPSA) is 84.2 Å². The fraction of sp³-hybridized carbons (Fsp3) is 0.176. The lowest BCUT2D eigenvalue weighted by atomic mass is 10.1. The molecular formula is C17H19N3O2. The smallest absolute Gasteiger partial charge is 0.248 e. The highest BCUT2D eigenvalue weighted by atomic mass is 16.2. The van der Waals surface area contributed by atoms with Gasteiger partial charge < -0.3 is 16.4 Å². The van der Waals surface area contributed by atoms with Gasteiger partial charge in [0.25, 0.3) is 0 Å². The maximum absolute atomic E-state index is 12.0. The molecule has 2 aromatic rings. The van der Waals surface area contributed by atoms with Crippen molar-refractivity contribution in [3.8, 4) is 0 Å². The zero-order valence-corrected chi connectivity index (χ0v) is 12.6. The van der Waals surface area contributed by atoms with Crippen molar-refractivity contribution in [2.75, 3.05) is 17.2 Å². The van der Waals surface area contributed by atoms with Gasteiger partial charge in [0, 0.05) is 16.9 Å². The number of primary amides is 1. The Bertz CT molecular complexity index is 694. The standard InChI is InChI=1S/C17H19N3O2/c1-11-3-8-15(12(2)9-11)20-16(21)10-19-14-6-4-13(5-7-14)17(18)22/h3-9,19H,10H2,1-2H3,(H2,18,22)(H,20,21). The first-order valence-corrected chi connectivity index (χ1v) is 6.96. The number of benzene rings is 2. The highest BCUT2D eigenvalue weighted by Crippen LogP contribution is 2.16. The van der Waals surface area contributed by atoms with Crippen molar-refractivity contribution < 1.29 is 9.59 Å². The van der Waals surface area contributed by atoms with Crippen LogP contribution in [0.4, 0.5) is 11.4 Å². The van der Waals surface area contributed by atoms with Gasteiger partial charge in [0.05, 0.1) is 6.54 Å². The van der Waals surface area contributed by atoms with E-state index in [-0.39, 0.29) is 12.5 Å². The molecule has 0 bridgehead atoms. The molecule has 22 heavy (non-hydrogen) atoms. The second kappa shape index (κ2) is 6.76. The number of aryl methyl sites for hydroxylation is 2. The van der Waals surface area contributed by atoms with Gasteiger partial charge in [-0.3, -0.25) is 9.59 Å². The minimum Gasteiger partial charge on any atom is -0.376 e. The van der Waals surface area contributed by atoms with Crippen LogP contribution in [0.2, 0.25) is 0 Å². The molecule has 2 rings (SSSR count). The van der Waals surface area contributed by atoms with Crippen molar-refractivity contribution in [1.29, 1.82) is 0 Å². The molecule has 4 N–H and O–H groups in total. The summed E-state index contributed by atoms with van der Waals surface area (Å²) in [5, 5.41) is 5.86. The summed E-state index contributed by atoms with van der Waals surface area (Å²) < 4.78 is 0. The number of hydrogen-bond donors (Lipinski definition) is 3. The summed E-state index contributed by atoms with van der Waals surface area (Å²) in [6, 6.07) is 12.5. The summed E-state index contributed by atoms with van der Waals surface area (Å²) in [5.41, 5.74) is 9.35. The summed E-state index contributed by atoms with van der Waals surface area (Å²) in [6.07, 6.45) is 0. The van der Waals surface area contributed by atoms with E-state index >= 15 is 0 Å². The molecule has 0 spiro atoms. The van der Waals surface area contributed by atoms with Gasteiger partial charge in [-0.25, -0.2) is 0 Å². The third-order valence-electron chi connectivity index (χ3n) is 3.28. The molecule has 0 saturated heterocycles. The average Bonchev–Trinajstić information content (AvgIpc) is 2.48. The molecule has 0 heterocycles. The molecule has 0 unspecified atom stereocenters. The first-order chi connectivity index (χ1) is 10.5. The maximum Gasteiger partial charge on any atom is 0.248 e. The number of carbonyl (C=O) groups is 2. The number of nitrogens with one attached hydrogen (secondary N) is 2. The van der Waals surface area contributed by atoms with Crippen LogP contribution in [0.1, 0.15) is 21.5 Å². The minimum absolute atomic E-state index is 0.133. The number of carbonyl (C=O) groups excluding carboxylic acids is 2. The summed E-state index contributed by atoms with van der Waals surface area (Å²) in [5.74, 6) is -0.606. The zero-order valence-electron chi connectivity index (χ0n) is 12.6. The number of anilines is 2. The molecule has 114 valence electrons. The fourth-order valence-corrected chi connectivity index (χ4v) is 2.08. The van der Waals surface area contributed by atoms with Crippen molar-refractivity contribution in [3.05, 3.63) is 59.2 Å². The highest BCUT2D eigenvalue weighted by molar-refractivity contribution is 5.95. The molecule has 5 nitrogen and oxygen atoms in total. The highest BCUT2D eigenvalue weighted by Gasteiger charge is 2.05. The van der Waals surface area contributed by atoms with Crippen LogP contribution in [0.5, 0.6) is 0 Å². The normalized spacial score (nSPS) is 10.1. The number of nitrogens with two attached hydrogens (primary N) is 1. The first-order valence-electron chi connectivity index (χ1n) is 6.96. The van der Waals surface area contributed by atoms with Crippen molar-refractivity contribution in [1.82, 2.24) is 0 Å². The van der Waals surface area contributed by atoms with Crippen LogP contribution in [0, 0.1) is 13.8 Å². The average molecular weight is 297 g/mol. The van der Waals surface area contributed by atoms with Gasteiger partial charge in [-0.05, 0) is 49.7 Å². The predicted molar refractivity (Wildman–Crippen MR) is 88.0 cm³/mol. The van der Waals surface area contributed by atoms with Gasteiger partial charge in [-0.15, -0.1) is 0 Å². The van der Waals surface area contributed by atoms with Crippen LogP contribution in [-0.4, -0.2) is 18.4 Å². The van der Waals surface area contributed by atoms with Gasteiger partial charge in [-0.2, -0.15) is 0 Å². The zero-order chi connectivity index (χ0) is 16.1. The van der Waals surface area contributed by atoms with Crippen molar-refractivity contribution in [3.63, 3.8) is 0 Å². The Labute approximate surface area is 129 Å². The van der Waals surface area contributed by atoms with E-state index in [2.05, 4.69) is 10.6 Å². The molecule has 0 radical (unpaired) electrons. The third-order valence-corrected chi connectivity index (χ3v) is 3.28. The Hall–Kier alpha value is -2.82. The Morgan fingerprint density at radius 3 is 2.32 bits per heavy atom. The van der Waals surface area contributed by atoms with Gasteiger partial charge in [0.2, 0.25) is 11.8 Å². The Kier molecular flexibility index (Phi) is 4.78. The number of amides is 2. The van der Waals surface area contributed by atoms with E-state index in [4.69, 9.17) is 5.73 Å². The summed E-state index contributed by atoms with van der Waals surface area (Å²) in [7, 11) is 0. The van der Waals surface area contributed by atoms with E-state index in [0.29, 0.717) is 5.56 Å². The molecule has 0 fully saturated rings. The molecule has 0 aliphatic rings. The van der Waals surface area contributed by atoms with Gasteiger partial charge in [0.1, 0.15) is 0 Å². The second-order valence-corrected chi connectivity index (χ2v) is 5.16. The maximum atomic E-state index is 12.0. The summed E-state index contributed by atoms with van der Waals surface area (Å²) in [4.78, 5) is 22.9. The Morgan fingerprint density at radius 2 is 1.73 bits per heavy atom.